The van der Waals surface area contributed by atoms with Crippen LogP contribution in [0, 0.1) is 0 Å². The van der Waals surface area contributed by atoms with Crippen LogP contribution in [0.3, 0.4) is 0 Å². The molecule has 102 valence electrons. The number of hydrogen-bond acceptors (Lipinski definition) is 3. The highest BCUT2D eigenvalue weighted by atomic mass is 79.9. The third-order valence-corrected chi connectivity index (χ3v) is 5.43. The summed E-state index contributed by atoms with van der Waals surface area (Å²) in [6.45, 7) is 0.496. The van der Waals surface area contributed by atoms with Crippen LogP contribution in [0.1, 0.15) is 0 Å². The average Bonchev–Trinajstić information content (AvgIpc) is 2.29. The Balaban J connectivity index is 2.90. The highest BCUT2D eigenvalue weighted by molar-refractivity contribution is 9.10. The van der Waals surface area contributed by atoms with Gasteiger partial charge in [-0.25, -0.2) is 8.42 Å². The molecule has 4 nitrogen and oxygen atoms in total. The van der Waals surface area contributed by atoms with Crippen LogP contribution >= 0.6 is 27.5 Å². The van der Waals surface area contributed by atoms with Crippen molar-refractivity contribution in [1.82, 2.24) is 4.31 Å². The molecule has 1 aromatic rings. The van der Waals surface area contributed by atoms with Crippen molar-refractivity contribution in [3.05, 3.63) is 28.7 Å². The average molecular weight is 357 g/mol. The fourth-order valence-electron chi connectivity index (χ4n) is 1.43. The smallest absolute Gasteiger partial charge is 0.243 e. The van der Waals surface area contributed by atoms with Crippen LogP contribution in [0.15, 0.2) is 33.6 Å². The van der Waals surface area contributed by atoms with Crippen LogP contribution in [0.4, 0.5) is 0 Å². The fourth-order valence-corrected chi connectivity index (χ4v) is 4.02. The SMILES string of the molecule is COCC(Cl)CN(C)S(=O)(=O)c1ccccc1Br. The van der Waals surface area contributed by atoms with Crippen molar-refractivity contribution < 1.29 is 13.2 Å². The predicted octanol–water partition coefficient (Wildman–Crippen LogP) is 2.32. The molecule has 7 heteroatoms. The molecule has 0 radical (unpaired) electrons. The van der Waals surface area contributed by atoms with Crippen molar-refractivity contribution in [1.29, 1.82) is 0 Å². The molecule has 0 saturated carbocycles. The van der Waals surface area contributed by atoms with Crippen LogP contribution < -0.4 is 0 Å². The molecule has 1 unspecified atom stereocenters. The minimum Gasteiger partial charge on any atom is -0.383 e. The molecule has 0 heterocycles. The van der Waals surface area contributed by atoms with Gasteiger partial charge in [0.2, 0.25) is 10.0 Å². The molecule has 0 spiro atoms. The molecule has 0 fully saturated rings. The van der Waals surface area contributed by atoms with Gasteiger partial charge < -0.3 is 4.74 Å². The van der Waals surface area contributed by atoms with E-state index in [-0.39, 0.29) is 16.8 Å². The van der Waals surface area contributed by atoms with Crippen LogP contribution in [0.5, 0.6) is 0 Å². The lowest BCUT2D eigenvalue weighted by Gasteiger charge is -2.20. The highest BCUT2D eigenvalue weighted by Crippen LogP contribution is 2.24. The van der Waals surface area contributed by atoms with E-state index in [0.717, 1.165) is 0 Å². The number of methoxy groups -OCH3 is 1. The van der Waals surface area contributed by atoms with E-state index < -0.39 is 10.0 Å². The Morgan fingerprint density at radius 1 is 1.44 bits per heavy atom. The van der Waals surface area contributed by atoms with E-state index in [2.05, 4.69) is 15.9 Å². The first-order valence-corrected chi connectivity index (χ1v) is 7.90. The number of alkyl halides is 1. The molecule has 0 aliphatic carbocycles. The quantitative estimate of drug-likeness (QED) is 0.735. The zero-order valence-electron chi connectivity index (χ0n) is 10.1. The summed E-state index contributed by atoms with van der Waals surface area (Å²) < 4.78 is 31.2. The van der Waals surface area contributed by atoms with Gasteiger partial charge in [-0.1, -0.05) is 12.1 Å². The van der Waals surface area contributed by atoms with E-state index in [4.69, 9.17) is 16.3 Å². The number of rotatable bonds is 6. The van der Waals surface area contributed by atoms with Crippen molar-refractivity contribution in [3.63, 3.8) is 0 Å². The van der Waals surface area contributed by atoms with Gasteiger partial charge in [-0.2, -0.15) is 4.31 Å². The first kappa shape index (κ1) is 15.9. The lowest BCUT2D eigenvalue weighted by molar-refractivity contribution is 0.192. The summed E-state index contributed by atoms with van der Waals surface area (Å²) in [4.78, 5) is 0.230. The minimum atomic E-state index is -3.54. The Morgan fingerprint density at radius 3 is 2.61 bits per heavy atom. The van der Waals surface area contributed by atoms with Gasteiger partial charge in [-0.3, -0.25) is 0 Å². The largest absolute Gasteiger partial charge is 0.383 e. The molecule has 0 N–H and O–H groups in total. The van der Waals surface area contributed by atoms with Gasteiger partial charge in [0.25, 0.3) is 0 Å². The van der Waals surface area contributed by atoms with E-state index in [1.807, 2.05) is 0 Å². The van der Waals surface area contributed by atoms with Gasteiger partial charge in [-0.05, 0) is 28.1 Å². The second-order valence-corrected chi connectivity index (χ2v) is 7.25. The van der Waals surface area contributed by atoms with Crippen LogP contribution in [0.2, 0.25) is 0 Å². The van der Waals surface area contributed by atoms with Crippen molar-refractivity contribution >= 4 is 37.6 Å². The summed E-state index contributed by atoms with van der Waals surface area (Å²) in [5.41, 5.74) is 0. The zero-order chi connectivity index (χ0) is 13.8. The Bertz CT molecular complexity index is 495. The van der Waals surface area contributed by atoms with Crippen molar-refractivity contribution in [2.75, 3.05) is 27.3 Å². The Kier molecular flexibility index (Phi) is 6.07. The molecule has 1 rings (SSSR count). The second-order valence-electron chi connectivity index (χ2n) is 3.77. The Hall–Kier alpha value is -0.140. The minimum absolute atomic E-state index is 0.194. The number of nitrogens with zero attached hydrogens (tertiary/aromatic N) is 1. The maximum Gasteiger partial charge on any atom is 0.243 e. The van der Waals surface area contributed by atoms with Crippen LogP contribution in [-0.2, 0) is 14.8 Å². The van der Waals surface area contributed by atoms with E-state index >= 15 is 0 Å². The van der Waals surface area contributed by atoms with Gasteiger partial charge in [0, 0.05) is 25.2 Å². The van der Waals surface area contributed by atoms with Gasteiger partial charge >= 0.3 is 0 Å². The first-order valence-electron chi connectivity index (χ1n) is 5.23. The standard InChI is InChI=1S/C11H15BrClNO3S/c1-14(7-9(13)8-17-2)18(15,16)11-6-4-3-5-10(11)12/h3-6,9H,7-8H2,1-2H3. The van der Waals surface area contributed by atoms with Crippen molar-refractivity contribution in [2.24, 2.45) is 0 Å². The summed E-state index contributed by atoms with van der Waals surface area (Å²) in [5, 5.41) is -0.378. The summed E-state index contributed by atoms with van der Waals surface area (Å²) in [6, 6.07) is 6.68. The summed E-state index contributed by atoms with van der Waals surface area (Å²) in [6.07, 6.45) is 0. The van der Waals surface area contributed by atoms with Gasteiger partial charge in [0.05, 0.1) is 16.9 Å². The van der Waals surface area contributed by atoms with E-state index in [1.54, 1.807) is 24.3 Å². The van der Waals surface area contributed by atoms with Crippen molar-refractivity contribution in [3.8, 4) is 0 Å². The van der Waals surface area contributed by atoms with Crippen LogP contribution in [-0.4, -0.2) is 45.4 Å². The maximum absolute atomic E-state index is 12.3. The molecule has 0 amide bonds. The highest BCUT2D eigenvalue weighted by Gasteiger charge is 2.24. The number of benzene rings is 1. The zero-order valence-corrected chi connectivity index (χ0v) is 13.3. The van der Waals surface area contributed by atoms with E-state index in [1.165, 1.54) is 18.5 Å². The summed E-state index contributed by atoms with van der Waals surface area (Å²) in [7, 11) is -0.511. The molecule has 0 aliphatic rings. The first-order chi connectivity index (χ1) is 8.39. The third kappa shape index (κ3) is 3.93. The van der Waals surface area contributed by atoms with Gasteiger partial charge in [0.1, 0.15) is 0 Å². The molecular weight excluding hydrogens is 342 g/mol. The van der Waals surface area contributed by atoms with Gasteiger partial charge in [0.15, 0.2) is 0 Å². The molecule has 1 atom stereocenters. The Morgan fingerprint density at radius 2 is 2.06 bits per heavy atom. The molecule has 1 aromatic carbocycles. The monoisotopic (exact) mass is 355 g/mol. The normalized spacial score (nSPS) is 13.8. The fraction of sp³-hybridized carbons (Fsp3) is 0.455. The predicted molar refractivity (Wildman–Crippen MR) is 75.5 cm³/mol. The van der Waals surface area contributed by atoms with E-state index in [9.17, 15) is 8.42 Å². The van der Waals surface area contributed by atoms with Crippen molar-refractivity contribution in [2.45, 2.75) is 10.3 Å². The summed E-state index contributed by atoms with van der Waals surface area (Å²) in [5.74, 6) is 0. The molecule has 0 aromatic heterocycles. The molecular formula is C11H15BrClNO3S. The number of sulfonamides is 1. The second kappa shape index (κ2) is 6.86. The molecule has 0 bridgehead atoms. The molecule has 0 aliphatic heterocycles. The molecule has 0 saturated heterocycles. The van der Waals surface area contributed by atoms with Gasteiger partial charge in [-0.15, -0.1) is 11.6 Å². The Labute approximate surface area is 121 Å². The number of halogens is 2. The third-order valence-electron chi connectivity index (χ3n) is 2.33. The van der Waals surface area contributed by atoms with E-state index in [0.29, 0.717) is 11.1 Å². The lowest BCUT2D eigenvalue weighted by Crippen LogP contribution is -2.34. The number of ether oxygens (including phenoxy) is 1. The topological polar surface area (TPSA) is 46.6 Å². The van der Waals surface area contributed by atoms with Crippen LogP contribution in [0.25, 0.3) is 0 Å². The lowest BCUT2D eigenvalue weighted by atomic mass is 10.4. The maximum atomic E-state index is 12.3. The molecule has 18 heavy (non-hydrogen) atoms. The summed E-state index contributed by atoms with van der Waals surface area (Å²) >= 11 is 9.20. The number of hydrogen-bond donors (Lipinski definition) is 0.